The zero-order chi connectivity index (χ0) is 12.1. The van der Waals surface area contributed by atoms with Gasteiger partial charge in [-0.2, -0.15) is 0 Å². The van der Waals surface area contributed by atoms with Gasteiger partial charge in [-0.3, -0.25) is 0 Å². The van der Waals surface area contributed by atoms with Crippen LogP contribution in [0.25, 0.3) is 0 Å². The lowest BCUT2D eigenvalue weighted by atomic mass is 10.1. The Morgan fingerprint density at radius 2 is 1.88 bits per heavy atom. The van der Waals surface area contributed by atoms with Crippen LogP contribution in [0, 0.1) is 6.92 Å². The second-order valence-electron chi connectivity index (χ2n) is 4.14. The fraction of sp³-hybridized carbons (Fsp3) is 0.214. The van der Waals surface area contributed by atoms with Crippen molar-refractivity contribution in [2.45, 2.75) is 13.3 Å². The molecular formula is C14H17N3. The number of nitrogen functional groups attached to an aromatic ring is 1. The quantitative estimate of drug-likeness (QED) is 0.789. The molecule has 0 saturated carbocycles. The first-order valence-corrected chi connectivity index (χ1v) is 5.75. The molecule has 0 radical (unpaired) electrons. The summed E-state index contributed by atoms with van der Waals surface area (Å²) in [6, 6.07) is 12.0. The number of hydrogen-bond acceptors (Lipinski definition) is 3. The highest BCUT2D eigenvalue weighted by Gasteiger charge is 1.95. The molecule has 2 rings (SSSR count). The molecule has 0 atom stereocenters. The first kappa shape index (κ1) is 11.5. The molecule has 0 spiro atoms. The average Bonchev–Trinajstić information content (AvgIpc) is 2.34. The van der Waals surface area contributed by atoms with Crippen molar-refractivity contribution in [2.75, 3.05) is 17.6 Å². The summed E-state index contributed by atoms with van der Waals surface area (Å²) in [5.74, 6) is 0.922. The minimum Gasteiger partial charge on any atom is -0.399 e. The lowest BCUT2D eigenvalue weighted by molar-refractivity contribution is 1.01. The summed E-state index contributed by atoms with van der Waals surface area (Å²) in [5, 5.41) is 3.29. The summed E-state index contributed by atoms with van der Waals surface area (Å²) in [6.07, 6.45) is 2.83. The molecule has 1 aromatic heterocycles. The molecular weight excluding hydrogens is 210 g/mol. The fourth-order valence-electron chi connectivity index (χ4n) is 1.59. The van der Waals surface area contributed by atoms with Crippen molar-refractivity contribution in [3.8, 4) is 0 Å². The molecule has 3 nitrogen and oxygen atoms in total. The highest BCUT2D eigenvalue weighted by molar-refractivity contribution is 5.40. The van der Waals surface area contributed by atoms with Gasteiger partial charge in [0.05, 0.1) is 0 Å². The summed E-state index contributed by atoms with van der Waals surface area (Å²) in [5.41, 5.74) is 8.89. The number of benzene rings is 1. The van der Waals surface area contributed by atoms with Gasteiger partial charge in [-0.1, -0.05) is 18.2 Å². The van der Waals surface area contributed by atoms with Gasteiger partial charge < -0.3 is 11.1 Å². The van der Waals surface area contributed by atoms with E-state index in [2.05, 4.69) is 28.5 Å². The van der Waals surface area contributed by atoms with Crippen LogP contribution in [-0.4, -0.2) is 11.5 Å². The van der Waals surface area contributed by atoms with Crippen molar-refractivity contribution < 1.29 is 0 Å². The standard InChI is InChI=1S/C14H17N3/c1-11-2-7-14(17-10-11)16-9-8-12-3-5-13(15)6-4-12/h2-7,10H,8-9,15H2,1H3,(H,16,17). The van der Waals surface area contributed by atoms with E-state index in [0.717, 1.165) is 24.5 Å². The van der Waals surface area contributed by atoms with Crippen molar-refractivity contribution in [3.63, 3.8) is 0 Å². The van der Waals surface area contributed by atoms with Crippen molar-refractivity contribution >= 4 is 11.5 Å². The Morgan fingerprint density at radius 3 is 2.53 bits per heavy atom. The first-order valence-electron chi connectivity index (χ1n) is 5.75. The number of hydrogen-bond donors (Lipinski definition) is 2. The number of rotatable bonds is 4. The van der Waals surface area contributed by atoms with Crippen LogP contribution in [0.15, 0.2) is 42.6 Å². The molecule has 1 aromatic carbocycles. The van der Waals surface area contributed by atoms with Crippen LogP contribution in [0.5, 0.6) is 0 Å². The van der Waals surface area contributed by atoms with Crippen molar-refractivity contribution in [1.82, 2.24) is 4.98 Å². The predicted octanol–water partition coefficient (Wildman–Crippen LogP) is 2.63. The minimum atomic E-state index is 0.807. The average molecular weight is 227 g/mol. The van der Waals surface area contributed by atoms with E-state index in [-0.39, 0.29) is 0 Å². The molecule has 1 heterocycles. The van der Waals surface area contributed by atoms with Gasteiger partial charge >= 0.3 is 0 Å². The van der Waals surface area contributed by atoms with Crippen molar-refractivity contribution in [1.29, 1.82) is 0 Å². The van der Waals surface area contributed by atoms with Crippen LogP contribution in [0.4, 0.5) is 11.5 Å². The monoisotopic (exact) mass is 227 g/mol. The van der Waals surface area contributed by atoms with Gasteiger partial charge in [-0.25, -0.2) is 4.98 Å². The number of pyridine rings is 1. The molecule has 3 N–H and O–H groups in total. The van der Waals surface area contributed by atoms with Crippen molar-refractivity contribution in [2.24, 2.45) is 0 Å². The van der Waals surface area contributed by atoms with Crippen molar-refractivity contribution in [3.05, 3.63) is 53.7 Å². The molecule has 88 valence electrons. The minimum absolute atomic E-state index is 0.807. The maximum atomic E-state index is 5.63. The Kier molecular flexibility index (Phi) is 3.60. The van der Waals surface area contributed by atoms with Crippen LogP contribution in [0.3, 0.4) is 0 Å². The molecule has 0 unspecified atom stereocenters. The number of anilines is 2. The van der Waals surface area contributed by atoms with E-state index in [0.29, 0.717) is 0 Å². The Morgan fingerprint density at radius 1 is 1.12 bits per heavy atom. The lowest BCUT2D eigenvalue weighted by Crippen LogP contribution is -2.06. The number of nitrogens with two attached hydrogens (primary N) is 1. The molecule has 0 saturated heterocycles. The Bertz CT molecular complexity index is 414. The first-order chi connectivity index (χ1) is 8.24. The molecule has 0 fully saturated rings. The van der Waals surface area contributed by atoms with Gasteiger partial charge in [0.15, 0.2) is 0 Å². The normalized spacial score (nSPS) is 10.2. The number of nitrogens with zero attached hydrogens (tertiary/aromatic N) is 1. The van der Waals surface area contributed by atoms with Gasteiger partial charge in [0.25, 0.3) is 0 Å². The Balaban J connectivity index is 1.83. The smallest absolute Gasteiger partial charge is 0.125 e. The zero-order valence-electron chi connectivity index (χ0n) is 9.98. The van der Waals surface area contributed by atoms with Crippen LogP contribution >= 0.6 is 0 Å². The highest BCUT2D eigenvalue weighted by atomic mass is 15.0. The molecule has 17 heavy (non-hydrogen) atoms. The third kappa shape index (κ3) is 3.48. The maximum Gasteiger partial charge on any atom is 0.125 e. The summed E-state index contributed by atoms with van der Waals surface area (Å²) < 4.78 is 0. The fourth-order valence-corrected chi connectivity index (χ4v) is 1.59. The maximum absolute atomic E-state index is 5.63. The van der Waals surface area contributed by atoms with Crippen LogP contribution in [0.1, 0.15) is 11.1 Å². The molecule has 0 aliphatic heterocycles. The molecule has 2 aromatic rings. The molecule has 3 heteroatoms. The number of nitrogens with one attached hydrogen (secondary N) is 1. The summed E-state index contributed by atoms with van der Waals surface area (Å²) in [4.78, 5) is 4.29. The van der Waals surface area contributed by atoms with Gasteiger partial charge in [-0.05, 0) is 42.7 Å². The van der Waals surface area contributed by atoms with Crippen LogP contribution in [0.2, 0.25) is 0 Å². The largest absolute Gasteiger partial charge is 0.399 e. The Hall–Kier alpha value is -2.03. The zero-order valence-corrected chi connectivity index (χ0v) is 9.98. The third-order valence-electron chi connectivity index (χ3n) is 2.61. The molecule has 0 bridgehead atoms. The van der Waals surface area contributed by atoms with Crippen LogP contribution < -0.4 is 11.1 Å². The van der Waals surface area contributed by atoms with E-state index in [1.165, 1.54) is 11.1 Å². The van der Waals surface area contributed by atoms with Gasteiger partial charge in [0, 0.05) is 18.4 Å². The van der Waals surface area contributed by atoms with E-state index in [4.69, 9.17) is 5.73 Å². The summed E-state index contributed by atoms with van der Waals surface area (Å²) in [7, 11) is 0. The Labute approximate surface area is 102 Å². The van der Waals surface area contributed by atoms with E-state index >= 15 is 0 Å². The second-order valence-corrected chi connectivity index (χ2v) is 4.14. The summed E-state index contributed by atoms with van der Waals surface area (Å²) in [6.45, 7) is 2.91. The highest BCUT2D eigenvalue weighted by Crippen LogP contribution is 2.07. The van der Waals surface area contributed by atoms with E-state index in [1.54, 1.807) is 0 Å². The van der Waals surface area contributed by atoms with E-state index in [9.17, 15) is 0 Å². The van der Waals surface area contributed by atoms with Crippen LogP contribution in [-0.2, 0) is 6.42 Å². The topological polar surface area (TPSA) is 50.9 Å². The molecule has 0 aliphatic rings. The third-order valence-corrected chi connectivity index (χ3v) is 2.61. The number of aryl methyl sites for hydroxylation is 1. The molecule has 0 aliphatic carbocycles. The number of aromatic nitrogens is 1. The predicted molar refractivity (Wildman–Crippen MR) is 72.0 cm³/mol. The summed E-state index contributed by atoms with van der Waals surface area (Å²) >= 11 is 0. The van der Waals surface area contributed by atoms with E-state index < -0.39 is 0 Å². The molecule has 0 amide bonds. The van der Waals surface area contributed by atoms with Gasteiger partial charge in [0.1, 0.15) is 5.82 Å². The lowest BCUT2D eigenvalue weighted by Gasteiger charge is -2.06. The van der Waals surface area contributed by atoms with E-state index in [1.807, 2.05) is 31.3 Å². The van der Waals surface area contributed by atoms with Gasteiger partial charge in [-0.15, -0.1) is 0 Å². The van der Waals surface area contributed by atoms with Gasteiger partial charge in [0.2, 0.25) is 0 Å². The SMILES string of the molecule is Cc1ccc(NCCc2ccc(N)cc2)nc1. The second kappa shape index (κ2) is 5.34.